The van der Waals surface area contributed by atoms with Gasteiger partial charge < -0.3 is 10.0 Å². The topological polar surface area (TPSA) is 43.8 Å². The minimum absolute atomic E-state index is 0.0222. The van der Waals surface area contributed by atoms with Gasteiger partial charge in [0.1, 0.15) is 5.75 Å². The van der Waals surface area contributed by atoms with E-state index in [0.29, 0.717) is 23.7 Å². The number of nitrogens with zero attached hydrogens (tertiary/aromatic N) is 2. The van der Waals surface area contributed by atoms with E-state index >= 15 is 0 Å². The van der Waals surface area contributed by atoms with Crippen molar-refractivity contribution in [2.75, 3.05) is 27.7 Å². The van der Waals surface area contributed by atoms with Crippen molar-refractivity contribution in [1.82, 2.24) is 9.80 Å². The van der Waals surface area contributed by atoms with Crippen LogP contribution in [0.4, 0.5) is 0 Å². The van der Waals surface area contributed by atoms with Crippen LogP contribution in [0.25, 0.3) is 0 Å². The van der Waals surface area contributed by atoms with E-state index in [0.717, 1.165) is 0 Å². The molecule has 1 N–H and O–H groups in total. The average molecular weight is 257 g/mol. The van der Waals surface area contributed by atoms with Crippen LogP contribution < -0.4 is 0 Å². The number of carbonyl (C=O) groups is 1. The third kappa shape index (κ3) is 4.24. The van der Waals surface area contributed by atoms with Crippen LogP contribution in [0.3, 0.4) is 0 Å². The molecule has 0 saturated carbocycles. The molecule has 0 saturated heterocycles. The van der Waals surface area contributed by atoms with Crippen molar-refractivity contribution in [3.8, 4) is 5.75 Å². The number of hydrogen-bond donors (Lipinski definition) is 1. The molecule has 0 aromatic heterocycles. The predicted molar refractivity (Wildman–Crippen MR) is 68.1 cm³/mol. The Hall–Kier alpha value is -1.26. The number of hydrogen-bond acceptors (Lipinski definition) is 3. The Morgan fingerprint density at radius 1 is 1.35 bits per heavy atom. The van der Waals surface area contributed by atoms with Crippen LogP contribution in [0, 0.1) is 0 Å². The van der Waals surface area contributed by atoms with Gasteiger partial charge in [0.05, 0.1) is 6.54 Å². The second kappa shape index (κ2) is 5.89. The summed E-state index contributed by atoms with van der Waals surface area (Å²) in [5, 5.41) is 10.2. The summed E-state index contributed by atoms with van der Waals surface area (Å²) < 4.78 is 0. The molecule has 94 valence electrons. The molecule has 0 aliphatic heterocycles. The van der Waals surface area contributed by atoms with E-state index in [1.54, 1.807) is 32.3 Å². The first kappa shape index (κ1) is 13.8. The smallest absolute Gasteiger partial charge is 0.236 e. The average Bonchev–Trinajstić information content (AvgIpc) is 2.23. The van der Waals surface area contributed by atoms with Crippen LogP contribution in [0.5, 0.6) is 5.75 Å². The van der Waals surface area contributed by atoms with Gasteiger partial charge in [-0.2, -0.15) is 0 Å². The van der Waals surface area contributed by atoms with E-state index in [-0.39, 0.29) is 11.7 Å². The zero-order chi connectivity index (χ0) is 13.0. The third-order valence-corrected chi connectivity index (χ3v) is 2.62. The number of aromatic hydroxyl groups is 1. The predicted octanol–water partition coefficient (Wildman–Crippen LogP) is 1.57. The number of amides is 1. The molecule has 0 aliphatic carbocycles. The summed E-state index contributed by atoms with van der Waals surface area (Å²) in [4.78, 5) is 14.9. The summed E-state index contributed by atoms with van der Waals surface area (Å²) in [5.41, 5.74) is 0.714. The first-order valence-electron chi connectivity index (χ1n) is 5.26. The number of phenolic OH excluding ortho intramolecular Hbond substituents is 1. The summed E-state index contributed by atoms with van der Waals surface area (Å²) in [7, 11) is 5.25. The highest BCUT2D eigenvalue weighted by Crippen LogP contribution is 2.22. The molecule has 0 spiro atoms. The maximum atomic E-state index is 11.5. The lowest BCUT2D eigenvalue weighted by atomic mass is 10.2. The second-order valence-electron chi connectivity index (χ2n) is 4.23. The summed E-state index contributed by atoms with van der Waals surface area (Å²) in [6.07, 6.45) is 0. The SMILES string of the molecule is CN(CC(=O)N(C)C)Cc1cc(Cl)ccc1O. The fourth-order valence-corrected chi connectivity index (χ4v) is 1.59. The Labute approximate surface area is 106 Å². The minimum Gasteiger partial charge on any atom is -0.508 e. The number of carbonyl (C=O) groups excluding carboxylic acids is 1. The van der Waals surface area contributed by atoms with Gasteiger partial charge in [-0.05, 0) is 25.2 Å². The summed E-state index contributed by atoms with van der Waals surface area (Å²) in [6.45, 7) is 0.783. The summed E-state index contributed by atoms with van der Waals surface area (Å²) in [6, 6.07) is 4.89. The maximum Gasteiger partial charge on any atom is 0.236 e. The minimum atomic E-state index is 0.0222. The normalized spacial score (nSPS) is 10.6. The molecular weight excluding hydrogens is 240 g/mol. The first-order chi connectivity index (χ1) is 7.90. The van der Waals surface area contributed by atoms with Crippen molar-refractivity contribution in [3.05, 3.63) is 28.8 Å². The van der Waals surface area contributed by atoms with Gasteiger partial charge in [0.15, 0.2) is 0 Å². The lowest BCUT2D eigenvalue weighted by Crippen LogP contribution is -2.34. The van der Waals surface area contributed by atoms with E-state index in [4.69, 9.17) is 11.6 Å². The molecule has 0 aliphatic rings. The van der Waals surface area contributed by atoms with E-state index in [2.05, 4.69) is 0 Å². The van der Waals surface area contributed by atoms with Crippen molar-refractivity contribution in [2.45, 2.75) is 6.54 Å². The van der Waals surface area contributed by atoms with Crippen LogP contribution in [-0.2, 0) is 11.3 Å². The Morgan fingerprint density at radius 3 is 2.59 bits per heavy atom. The second-order valence-corrected chi connectivity index (χ2v) is 4.67. The van der Waals surface area contributed by atoms with E-state index in [1.165, 1.54) is 4.90 Å². The molecule has 0 bridgehead atoms. The van der Waals surface area contributed by atoms with Gasteiger partial charge in [-0.25, -0.2) is 0 Å². The van der Waals surface area contributed by atoms with Gasteiger partial charge in [-0.1, -0.05) is 11.6 Å². The fraction of sp³-hybridized carbons (Fsp3) is 0.417. The number of likely N-dealkylation sites (N-methyl/N-ethyl adjacent to an activating group) is 2. The number of benzene rings is 1. The largest absolute Gasteiger partial charge is 0.508 e. The first-order valence-corrected chi connectivity index (χ1v) is 5.64. The van der Waals surface area contributed by atoms with Gasteiger partial charge in [0, 0.05) is 31.2 Å². The molecule has 0 atom stereocenters. The van der Waals surface area contributed by atoms with E-state index in [9.17, 15) is 9.90 Å². The maximum absolute atomic E-state index is 11.5. The van der Waals surface area contributed by atoms with E-state index < -0.39 is 0 Å². The summed E-state index contributed by atoms with van der Waals surface area (Å²) >= 11 is 5.85. The van der Waals surface area contributed by atoms with Gasteiger partial charge in [-0.3, -0.25) is 9.69 Å². The molecule has 1 aromatic rings. The quantitative estimate of drug-likeness (QED) is 0.889. The Bertz CT molecular complexity index is 407. The van der Waals surface area contributed by atoms with Crippen molar-refractivity contribution in [2.24, 2.45) is 0 Å². The van der Waals surface area contributed by atoms with Gasteiger partial charge >= 0.3 is 0 Å². The van der Waals surface area contributed by atoms with Crippen molar-refractivity contribution in [1.29, 1.82) is 0 Å². The van der Waals surface area contributed by atoms with Crippen molar-refractivity contribution in [3.63, 3.8) is 0 Å². The number of halogens is 1. The van der Waals surface area contributed by atoms with Crippen molar-refractivity contribution >= 4 is 17.5 Å². The highest BCUT2D eigenvalue weighted by atomic mass is 35.5. The standard InChI is InChI=1S/C12H17ClN2O2/c1-14(2)12(17)8-15(3)7-9-6-10(13)4-5-11(9)16/h4-6,16H,7-8H2,1-3H3. The Balaban J connectivity index is 2.64. The lowest BCUT2D eigenvalue weighted by Gasteiger charge is -2.19. The van der Waals surface area contributed by atoms with Crippen LogP contribution in [0.2, 0.25) is 5.02 Å². The Kier molecular flexibility index (Phi) is 4.78. The molecule has 1 rings (SSSR count). The van der Waals surface area contributed by atoms with Gasteiger partial charge in [0.2, 0.25) is 5.91 Å². The molecule has 1 aromatic carbocycles. The van der Waals surface area contributed by atoms with Crippen LogP contribution in [0.1, 0.15) is 5.56 Å². The molecule has 0 radical (unpaired) electrons. The van der Waals surface area contributed by atoms with Crippen molar-refractivity contribution < 1.29 is 9.90 Å². The highest BCUT2D eigenvalue weighted by molar-refractivity contribution is 6.30. The number of phenols is 1. The number of rotatable bonds is 4. The monoisotopic (exact) mass is 256 g/mol. The van der Waals surface area contributed by atoms with E-state index in [1.807, 2.05) is 11.9 Å². The molecular formula is C12H17ClN2O2. The molecule has 5 heteroatoms. The van der Waals surface area contributed by atoms with Gasteiger partial charge in [0.25, 0.3) is 0 Å². The Morgan fingerprint density at radius 2 is 2.00 bits per heavy atom. The van der Waals surface area contributed by atoms with Crippen LogP contribution in [-0.4, -0.2) is 48.5 Å². The zero-order valence-electron chi connectivity index (χ0n) is 10.3. The molecule has 1 amide bonds. The lowest BCUT2D eigenvalue weighted by molar-refractivity contribution is -0.129. The molecule has 4 nitrogen and oxygen atoms in total. The molecule has 0 heterocycles. The van der Waals surface area contributed by atoms with Crippen LogP contribution >= 0.6 is 11.6 Å². The fourth-order valence-electron chi connectivity index (χ4n) is 1.40. The molecule has 0 fully saturated rings. The third-order valence-electron chi connectivity index (χ3n) is 2.39. The van der Waals surface area contributed by atoms with Crippen LogP contribution in [0.15, 0.2) is 18.2 Å². The molecule has 0 unspecified atom stereocenters. The van der Waals surface area contributed by atoms with Gasteiger partial charge in [-0.15, -0.1) is 0 Å². The molecule has 17 heavy (non-hydrogen) atoms. The summed E-state index contributed by atoms with van der Waals surface area (Å²) in [5.74, 6) is 0.215. The zero-order valence-corrected chi connectivity index (χ0v) is 11.0. The highest BCUT2D eigenvalue weighted by Gasteiger charge is 2.11.